The third-order valence-electron chi connectivity index (χ3n) is 3.13. The number of rotatable bonds is 7. The van der Waals surface area contributed by atoms with Crippen LogP contribution in [0.25, 0.3) is 0 Å². The van der Waals surface area contributed by atoms with Crippen LogP contribution in [0.3, 0.4) is 0 Å². The Labute approximate surface area is 154 Å². The van der Waals surface area contributed by atoms with Crippen molar-refractivity contribution in [1.29, 1.82) is 0 Å². The van der Waals surface area contributed by atoms with Gasteiger partial charge in [0.1, 0.15) is 0 Å². The molecule has 0 unspecified atom stereocenters. The van der Waals surface area contributed by atoms with E-state index in [2.05, 4.69) is 25.2 Å². The Kier molecular flexibility index (Phi) is 9.11. The van der Waals surface area contributed by atoms with E-state index in [1.165, 1.54) is 0 Å². The molecule has 0 saturated heterocycles. The maximum absolute atomic E-state index is 5.52. The molecule has 0 aliphatic rings. The number of aliphatic imine (C=N–C) groups is 1. The number of aromatic nitrogens is 2. The lowest BCUT2D eigenvalue weighted by Crippen LogP contribution is -2.38. The Bertz CT molecular complexity index is 586. The first-order valence-electron chi connectivity index (χ1n) is 7.45. The highest BCUT2D eigenvalue weighted by Gasteiger charge is 2.05. The third kappa shape index (κ3) is 6.47. The molecule has 0 amide bonds. The van der Waals surface area contributed by atoms with Crippen molar-refractivity contribution in [3.05, 3.63) is 48.4 Å². The average Bonchev–Trinajstić information content (AvgIpc) is 3.05. The molecule has 0 saturated carbocycles. The summed E-state index contributed by atoms with van der Waals surface area (Å²) < 4.78 is 7.64. The zero-order valence-corrected chi connectivity index (χ0v) is 15.9. The third-order valence-corrected chi connectivity index (χ3v) is 3.13. The number of pyridine rings is 1. The van der Waals surface area contributed by atoms with Crippen molar-refractivity contribution in [2.45, 2.75) is 20.0 Å². The molecular weight excluding hydrogens is 405 g/mol. The highest BCUT2D eigenvalue weighted by molar-refractivity contribution is 14.0. The maximum atomic E-state index is 5.52. The van der Waals surface area contributed by atoms with E-state index in [-0.39, 0.29) is 24.0 Å². The van der Waals surface area contributed by atoms with Gasteiger partial charge in [0.2, 0.25) is 5.88 Å². The van der Waals surface area contributed by atoms with Crippen molar-refractivity contribution in [1.82, 2.24) is 20.2 Å². The summed E-state index contributed by atoms with van der Waals surface area (Å²) in [6.45, 7) is 4.87. The Morgan fingerprint density at radius 2 is 2.04 bits per heavy atom. The van der Waals surface area contributed by atoms with Gasteiger partial charge in [0.25, 0.3) is 0 Å². The molecule has 0 aliphatic heterocycles. The number of ether oxygens (including phenoxy) is 1. The summed E-state index contributed by atoms with van der Waals surface area (Å²) in [5, 5.41) is 6.56. The standard InChI is InChI=1S/C16H23N5O.HI/c1-3-22-15-14(7-6-8-18-15)13-20-16(17-2)19-9-12-21-10-4-5-11-21;/h4-8,10-11H,3,9,12-13H2,1-2H3,(H2,17,19,20);1H. The van der Waals surface area contributed by atoms with E-state index in [0.29, 0.717) is 19.0 Å². The fourth-order valence-corrected chi connectivity index (χ4v) is 2.05. The van der Waals surface area contributed by atoms with Crippen molar-refractivity contribution >= 4 is 29.9 Å². The van der Waals surface area contributed by atoms with Crippen LogP contribution in [-0.2, 0) is 13.1 Å². The molecule has 23 heavy (non-hydrogen) atoms. The SMILES string of the molecule is CCOc1ncccc1CNC(=NC)NCCn1cccc1.I. The molecule has 6 nitrogen and oxygen atoms in total. The van der Waals surface area contributed by atoms with Gasteiger partial charge in [-0.3, -0.25) is 4.99 Å². The van der Waals surface area contributed by atoms with E-state index >= 15 is 0 Å². The Morgan fingerprint density at radius 3 is 2.74 bits per heavy atom. The first kappa shape index (κ1) is 19.3. The van der Waals surface area contributed by atoms with E-state index in [0.717, 1.165) is 24.6 Å². The highest BCUT2D eigenvalue weighted by atomic mass is 127. The first-order valence-corrected chi connectivity index (χ1v) is 7.45. The maximum Gasteiger partial charge on any atom is 0.218 e. The summed E-state index contributed by atoms with van der Waals surface area (Å²) >= 11 is 0. The van der Waals surface area contributed by atoms with Crippen LogP contribution in [0.4, 0.5) is 0 Å². The molecule has 0 radical (unpaired) electrons. The van der Waals surface area contributed by atoms with Crippen LogP contribution >= 0.6 is 24.0 Å². The highest BCUT2D eigenvalue weighted by Crippen LogP contribution is 2.13. The zero-order valence-electron chi connectivity index (χ0n) is 13.5. The van der Waals surface area contributed by atoms with Gasteiger partial charge < -0.3 is 19.9 Å². The molecule has 0 bridgehead atoms. The minimum Gasteiger partial charge on any atom is -0.478 e. The van der Waals surface area contributed by atoms with Crippen molar-refractivity contribution in [2.24, 2.45) is 4.99 Å². The van der Waals surface area contributed by atoms with E-state index in [1.54, 1.807) is 13.2 Å². The summed E-state index contributed by atoms with van der Waals surface area (Å²) in [5.41, 5.74) is 1.01. The lowest BCUT2D eigenvalue weighted by Gasteiger charge is -2.14. The molecule has 2 heterocycles. The van der Waals surface area contributed by atoms with Gasteiger partial charge in [0, 0.05) is 50.8 Å². The van der Waals surface area contributed by atoms with Crippen molar-refractivity contribution in [3.63, 3.8) is 0 Å². The van der Waals surface area contributed by atoms with Crippen LogP contribution in [0.15, 0.2) is 47.8 Å². The second-order valence-electron chi connectivity index (χ2n) is 4.67. The predicted octanol–water partition coefficient (Wildman–Crippen LogP) is 2.27. The number of nitrogens with zero attached hydrogens (tertiary/aromatic N) is 3. The van der Waals surface area contributed by atoms with Crippen LogP contribution in [-0.4, -0.2) is 35.7 Å². The fraction of sp³-hybridized carbons (Fsp3) is 0.375. The molecule has 0 spiro atoms. The molecule has 7 heteroatoms. The minimum atomic E-state index is 0. The van der Waals surface area contributed by atoms with Gasteiger partial charge in [0.15, 0.2) is 5.96 Å². The predicted molar refractivity (Wildman–Crippen MR) is 103 cm³/mol. The number of halogens is 1. The molecule has 2 N–H and O–H groups in total. The normalized spacial score (nSPS) is 10.8. The summed E-state index contributed by atoms with van der Waals surface area (Å²) in [7, 11) is 1.76. The molecule has 2 aromatic heterocycles. The van der Waals surface area contributed by atoms with E-state index < -0.39 is 0 Å². The van der Waals surface area contributed by atoms with Gasteiger partial charge in [-0.05, 0) is 25.1 Å². The quantitative estimate of drug-likeness (QED) is 0.403. The molecule has 0 aromatic carbocycles. The summed E-state index contributed by atoms with van der Waals surface area (Å²) in [5.74, 6) is 1.43. The van der Waals surface area contributed by atoms with Crippen molar-refractivity contribution in [3.8, 4) is 5.88 Å². The minimum absolute atomic E-state index is 0. The summed E-state index contributed by atoms with van der Waals surface area (Å²) in [4.78, 5) is 8.46. The monoisotopic (exact) mass is 429 g/mol. The summed E-state index contributed by atoms with van der Waals surface area (Å²) in [6.07, 6.45) is 5.82. The number of hydrogen-bond acceptors (Lipinski definition) is 3. The van der Waals surface area contributed by atoms with E-state index in [1.807, 2.05) is 43.6 Å². The smallest absolute Gasteiger partial charge is 0.218 e. The van der Waals surface area contributed by atoms with Crippen LogP contribution in [0.5, 0.6) is 5.88 Å². The van der Waals surface area contributed by atoms with Gasteiger partial charge in [-0.2, -0.15) is 0 Å². The second kappa shape index (κ2) is 10.9. The second-order valence-corrected chi connectivity index (χ2v) is 4.67. The lowest BCUT2D eigenvalue weighted by molar-refractivity contribution is 0.322. The molecule has 0 fully saturated rings. The molecule has 2 aromatic rings. The van der Waals surface area contributed by atoms with Gasteiger partial charge >= 0.3 is 0 Å². The molecule has 0 aliphatic carbocycles. The Balaban J connectivity index is 0.00000264. The Hall–Kier alpha value is -1.77. The molecule has 2 rings (SSSR count). The lowest BCUT2D eigenvalue weighted by atomic mass is 10.2. The molecule has 0 atom stereocenters. The van der Waals surface area contributed by atoms with Crippen LogP contribution in [0.1, 0.15) is 12.5 Å². The van der Waals surface area contributed by atoms with Crippen LogP contribution in [0, 0.1) is 0 Å². The van der Waals surface area contributed by atoms with Gasteiger partial charge in [-0.15, -0.1) is 24.0 Å². The van der Waals surface area contributed by atoms with E-state index in [4.69, 9.17) is 4.74 Å². The molecule has 126 valence electrons. The first-order chi connectivity index (χ1) is 10.8. The topological polar surface area (TPSA) is 63.5 Å². The average molecular weight is 429 g/mol. The van der Waals surface area contributed by atoms with Gasteiger partial charge in [-0.25, -0.2) is 4.98 Å². The van der Waals surface area contributed by atoms with Gasteiger partial charge in [0.05, 0.1) is 6.61 Å². The van der Waals surface area contributed by atoms with Crippen molar-refractivity contribution in [2.75, 3.05) is 20.2 Å². The largest absolute Gasteiger partial charge is 0.478 e. The van der Waals surface area contributed by atoms with E-state index in [9.17, 15) is 0 Å². The van der Waals surface area contributed by atoms with Crippen molar-refractivity contribution < 1.29 is 4.74 Å². The number of hydrogen-bond donors (Lipinski definition) is 2. The van der Waals surface area contributed by atoms with Gasteiger partial charge in [-0.1, -0.05) is 6.07 Å². The van der Waals surface area contributed by atoms with Crippen LogP contribution in [0.2, 0.25) is 0 Å². The van der Waals surface area contributed by atoms with Crippen LogP contribution < -0.4 is 15.4 Å². The molecular formula is C16H24IN5O. The summed E-state index contributed by atoms with van der Waals surface area (Å²) in [6, 6.07) is 7.94. The number of nitrogens with one attached hydrogen (secondary N) is 2. The number of guanidine groups is 1. The fourth-order valence-electron chi connectivity index (χ4n) is 2.05. The zero-order chi connectivity index (χ0) is 15.6. The Morgan fingerprint density at radius 1 is 1.26 bits per heavy atom.